The summed E-state index contributed by atoms with van der Waals surface area (Å²) in [7, 11) is 1.80. The molecule has 1 fully saturated rings. The minimum absolute atomic E-state index is 0. The second-order valence-electron chi connectivity index (χ2n) is 7.58. The Kier molecular flexibility index (Phi) is 9.86. The van der Waals surface area contributed by atoms with Gasteiger partial charge in [0.25, 0.3) is 0 Å². The van der Waals surface area contributed by atoms with Crippen molar-refractivity contribution in [3.8, 4) is 0 Å². The third kappa shape index (κ3) is 7.26. The third-order valence-corrected chi connectivity index (χ3v) is 5.09. The van der Waals surface area contributed by atoms with Gasteiger partial charge in [0.15, 0.2) is 11.8 Å². The molecular weight excluding hydrogens is 479 g/mol. The Morgan fingerprint density at radius 1 is 1.28 bits per heavy atom. The van der Waals surface area contributed by atoms with Crippen LogP contribution >= 0.6 is 24.0 Å². The highest BCUT2D eigenvalue weighted by atomic mass is 127. The van der Waals surface area contributed by atoms with Crippen molar-refractivity contribution in [3.05, 3.63) is 47.6 Å². The van der Waals surface area contributed by atoms with Gasteiger partial charge in [0.2, 0.25) is 5.89 Å². The number of halogens is 1. The molecule has 160 valence electrons. The summed E-state index contributed by atoms with van der Waals surface area (Å²) >= 11 is 0. The molecule has 1 aliphatic heterocycles. The molecule has 0 aliphatic carbocycles. The largest absolute Gasteiger partial charge is 0.356 e. The van der Waals surface area contributed by atoms with Crippen molar-refractivity contribution in [2.24, 2.45) is 4.99 Å². The lowest BCUT2D eigenvalue weighted by Crippen LogP contribution is -2.45. The second-order valence-corrected chi connectivity index (χ2v) is 7.58. The van der Waals surface area contributed by atoms with E-state index in [4.69, 9.17) is 4.52 Å². The Balaban J connectivity index is 0.00000300. The highest BCUT2D eigenvalue weighted by Gasteiger charge is 2.24. The van der Waals surface area contributed by atoms with Gasteiger partial charge in [0.05, 0.1) is 0 Å². The maximum Gasteiger partial charge on any atom is 0.228 e. The highest BCUT2D eigenvalue weighted by molar-refractivity contribution is 14.0. The lowest BCUT2D eigenvalue weighted by atomic mass is 10.2. The number of hydrogen-bond donors (Lipinski definition) is 2. The molecule has 1 atom stereocenters. The topological polar surface area (TPSA) is 78.6 Å². The number of nitrogens with one attached hydrogen (secondary N) is 2. The minimum atomic E-state index is 0. The molecule has 1 aromatic heterocycles. The van der Waals surface area contributed by atoms with Crippen LogP contribution in [0.5, 0.6) is 0 Å². The van der Waals surface area contributed by atoms with Crippen molar-refractivity contribution < 1.29 is 4.52 Å². The van der Waals surface area contributed by atoms with E-state index < -0.39 is 0 Å². The average Bonchev–Trinajstić information content (AvgIpc) is 3.35. The van der Waals surface area contributed by atoms with Crippen LogP contribution in [-0.2, 0) is 13.0 Å². The van der Waals surface area contributed by atoms with Gasteiger partial charge in [0, 0.05) is 45.1 Å². The van der Waals surface area contributed by atoms with E-state index in [2.05, 4.69) is 74.8 Å². The van der Waals surface area contributed by atoms with Gasteiger partial charge in [-0.05, 0) is 24.9 Å². The molecule has 2 aromatic rings. The molecule has 1 saturated heterocycles. The normalized spacial score (nSPS) is 17.4. The van der Waals surface area contributed by atoms with Crippen LogP contribution in [0.25, 0.3) is 0 Å². The zero-order valence-electron chi connectivity index (χ0n) is 17.6. The first-order chi connectivity index (χ1) is 13.7. The fourth-order valence-electron chi connectivity index (χ4n) is 3.48. The maximum atomic E-state index is 5.29. The molecule has 7 nitrogen and oxygen atoms in total. The molecule has 1 unspecified atom stereocenters. The smallest absolute Gasteiger partial charge is 0.228 e. The van der Waals surface area contributed by atoms with Gasteiger partial charge in [-0.2, -0.15) is 4.98 Å². The molecule has 2 N–H and O–H groups in total. The van der Waals surface area contributed by atoms with Crippen LogP contribution in [-0.4, -0.2) is 53.7 Å². The van der Waals surface area contributed by atoms with Crippen molar-refractivity contribution in [1.29, 1.82) is 0 Å². The second kappa shape index (κ2) is 12.1. The van der Waals surface area contributed by atoms with Gasteiger partial charge in [-0.1, -0.05) is 49.3 Å². The Bertz CT molecular complexity index is 749. The first-order valence-electron chi connectivity index (χ1n) is 10.2. The van der Waals surface area contributed by atoms with Gasteiger partial charge < -0.3 is 15.2 Å². The Morgan fingerprint density at radius 3 is 2.76 bits per heavy atom. The van der Waals surface area contributed by atoms with Crippen molar-refractivity contribution in [1.82, 2.24) is 25.7 Å². The average molecular weight is 512 g/mol. The maximum absolute atomic E-state index is 5.29. The number of aliphatic imine (C=N–C) groups is 1. The van der Waals surface area contributed by atoms with E-state index in [0.29, 0.717) is 24.9 Å². The molecule has 29 heavy (non-hydrogen) atoms. The van der Waals surface area contributed by atoms with Crippen LogP contribution in [0.2, 0.25) is 0 Å². The lowest BCUT2D eigenvalue weighted by molar-refractivity contribution is 0.245. The van der Waals surface area contributed by atoms with Crippen LogP contribution in [0.1, 0.15) is 49.9 Å². The van der Waals surface area contributed by atoms with Gasteiger partial charge >= 0.3 is 0 Å². The quantitative estimate of drug-likeness (QED) is 0.322. The van der Waals surface area contributed by atoms with E-state index in [0.717, 1.165) is 31.4 Å². The highest BCUT2D eigenvalue weighted by Crippen LogP contribution is 2.19. The van der Waals surface area contributed by atoms with Crippen LogP contribution in [0.15, 0.2) is 39.8 Å². The van der Waals surface area contributed by atoms with Crippen LogP contribution in [0, 0.1) is 0 Å². The van der Waals surface area contributed by atoms with Crippen LogP contribution in [0.3, 0.4) is 0 Å². The number of benzene rings is 1. The summed E-state index contributed by atoms with van der Waals surface area (Å²) in [5.41, 5.74) is 1.37. The number of nitrogens with zero attached hydrogens (tertiary/aromatic N) is 4. The molecule has 1 aliphatic rings. The van der Waals surface area contributed by atoms with E-state index >= 15 is 0 Å². The van der Waals surface area contributed by atoms with Crippen molar-refractivity contribution >= 4 is 29.9 Å². The Labute approximate surface area is 190 Å². The first kappa shape index (κ1) is 23.6. The molecule has 0 bridgehead atoms. The molecule has 2 heterocycles. The fraction of sp³-hybridized carbons (Fsp3) is 0.571. The molecule has 0 amide bonds. The van der Waals surface area contributed by atoms with Crippen LogP contribution in [0.4, 0.5) is 0 Å². The van der Waals surface area contributed by atoms with Gasteiger partial charge in [0.1, 0.15) is 0 Å². The van der Waals surface area contributed by atoms with E-state index in [1.165, 1.54) is 18.4 Å². The molecule has 0 radical (unpaired) electrons. The zero-order valence-corrected chi connectivity index (χ0v) is 19.9. The van der Waals surface area contributed by atoms with Crippen molar-refractivity contribution in [3.63, 3.8) is 0 Å². The summed E-state index contributed by atoms with van der Waals surface area (Å²) in [4.78, 5) is 11.3. The van der Waals surface area contributed by atoms with Crippen LogP contribution < -0.4 is 10.6 Å². The Hall–Kier alpha value is -1.68. The predicted octanol–water partition coefficient (Wildman–Crippen LogP) is 3.18. The molecule has 3 rings (SSSR count). The third-order valence-electron chi connectivity index (χ3n) is 5.09. The summed E-state index contributed by atoms with van der Waals surface area (Å²) in [5, 5.41) is 10.8. The summed E-state index contributed by atoms with van der Waals surface area (Å²) < 4.78 is 5.29. The predicted molar refractivity (Wildman–Crippen MR) is 127 cm³/mol. The SMILES string of the molecule is CN=C(NCCc1nc(C(C)C)no1)NCC1CCCN1Cc1ccccc1.I. The van der Waals surface area contributed by atoms with E-state index in [9.17, 15) is 0 Å². The van der Waals surface area contributed by atoms with E-state index in [1.54, 1.807) is 7.05 Å². The van der Waals surface area contributed by atoms with Gasteiger partial charge in [-0.15, -0.1) is 24.0 Å². The van der Waals surface area contributed by atoms with Crippen molar-refractivity contribution in [2.45, 2.75) is 51.6 Å². The van der Waals surface area contributed by atoms with E-state index in [-0.39, 0.29) is 29.9 Å². The summed E-state index contributed by atoms with van der Waals surface area (Å²) in [6.45, 7) is 7.88. The zero-order chi connectivity index (χ0) is 19.8. The number of aromatic nitrogens is 2. The number of hydrogen-bond acceptors (Lipinski definition) is 5. The molecule has 8 heteroatoms. The lowest BCUT2D eigenvalue weighted by Gasteiger charge is -2.25. The molecule has 1 aromatic carbocycles. The number of rotatable bonds is 8. The fourth-order valence-corrected chi connectivity index (χ4v) is 3.48. The molecule has 0 saturated carbocycles. The molecule has 0 spiro atoms. The molecular formula is C21H33IN6O. The van der Waals surface area contributed by atoms with E-state index in [1.807, 2.05) is 0 Å². The summed E-state index contributed by atoms with van der Waals surface area (Å²) in [5.74, 6) is 2.52. The summed E-state index contributed by atoms with van der Waals surface area (Å²) in [6.07, 6.45) is 3.15. The monoisotopic (exact) mass is 512 g/mol. The standard InChI is InChI=1S/C21H32N6O.HI/c1-16(2)20-25-19(28-26-20)11-12-23-21(22-3)24-14-18-10-7-13-27(18)15-17-8-5-4-6-9-17;/h4-6,8-9,16,18H,7,10-15H2,1-3H3,(H2,22,23,24);1H. The van der Waals surface area contributed by atoms with Gasteiger partial charge in [-0.25, -0.2) is 0 Å². The Morgan fingerprint density at radius 2 is 2.07 bits per heavy atom. The van der Waals surface area contributed by atoms with Crippen molar-refractivity contribution in [2.75, 3.05) is 26.7 Å². The minimum Gasteiger partial charge on any atom is -0.356 e. The van der Waals surface area contributed by atoms with Gasteiger partial charge in [-0.3, -0.25) is 9.89 Å². The first-order valence-corrected chi connectivity index (χ1v) is 10.2. The number of likely N-dealkylation sites (tertiary alicyclic amines) is 1. The summed E-state index contributed by atoms with van der Waals surface area (Å²) in [6, 6.07) is 11.2. The number of guanidine groups is 1.